The summed E-state index contributed by atoms with van der Waals surface area (Å²) in [6.45, 7) is 6.04. The van der Waals surface area contributed by atoms with Gasteiger partial charge in [-0.05, 0) is 37.3 Å². The van der Waals surface area contributed by atoms with Crippen LogP contribution in [0.1, 0.15) is 12.5 Å². The molecule has 6 heteroatoms. The van der Waals surface area contributed by atoms with Gasteiger partial charge in [0, 0.05) is 6.61 Å². The minimum Gasteiger partial charge on any atom is -0.413 e. The van der Waals surface area contributed by atoms with Crippen LogP contribution in [0.2, 0.25) is 18.1 Å². The molecule has 0 saturated carbocycles. The van der Waals surface area contributed by atoms with Crippen LogP contribution in [0.15, 0.2) is 18.2 Å². The van der Waals surface area contributed by atoms with Crippen molar-refractivity contribution in [2.24, 2.45) is 0 Å². The highest BCUT2D eigenvalue weighted by atomic mass is 35.5. The molecular weight excluding hydrogens is 269 g/mol. The maximum absolute atomic E-state index is 12.7. The zero-order valence-electron chi connectivity index (χ0n) is 9.86. The van der Waals surface area contributed by atoms with Crippen molar-refractivity contribution in [3.8, 4) is 0 Å². The Balaban J connectivity index is 3.22. The van der Waals surface area contributed by atoms with Gasteiger partial charge in [-0.2, -0.15) is 13.2 Å². The van der Waals surface area contributed by atoms with Crippen molar-refractivity contribution in [3.05, 3.63) is 28.8 Å². The van der Waals surface area contributed by atoms with E-state index in [2.05, 4.69) is 0 Å². The molecule has 0 fully saturated rings. The molecule has 0 aliphatic heterocycles. The Morgan fingerprint density at radius 2 is 1.88 bits per heavy atom. The number of alkyl halides is 3. The van der Waals surface area contributed by atoms with Crippen LogP contribution in [0, 0.1) is 0 Å². The van der Waals surface area contributed by atoms with Gasteiger partial charge in [-0.1, -0.05) is 17.7 Å². The normalized spacial score (nSPS) is 12.9. The van der Waals surface area contributed by atoms with Crippen molar-refractivity contribution in [1.29, 1.82) is 0 Å². The minimum atomic E-state index is -4.43. The number of rotatable bonds is 3. The molecule has 0 N–H and O–H groups in total. The number of hydrogen-bond acceptors (Lipinski definition) is 1. The maximum atomic E-state index is 12.7. The van der Waals surface area contributed by atoms with Gasteiger partial charge in [-0.25, -0.2) is 0 Å². The van der Waals surface area contributed by atoms with Crippen LogP contribution in [0.5, 0.6) is 0 Å². The predicted molar refractivity (Wildman–Crippen MR) is 65.2 cm³/mol. The van der Waals surface area contributed by atoms with Crippen LogP contribution in [0.3, 0.4) is 0 Å². The van der Waals surface area contributed by atoms with Gasteiger partial charge in [0.15, 0.2) is 0 Å². The van der Waals surface area contributed by atoms with E-state index in [1.54, 1.807) is 6.07 Å². The lowest BCUT2D eigenvalue weighted by Gasteiger charge is -2.23. The monoisotopic (exact) mass is 282 g/mol. The third kappa shape index (κ3) is 3.47. The summed E-state index contributed by atoms with van der Waals surface area (Å²) in [5.74, 6) is 0. The molecule has 0 amide bonds. The molecular formula is C11H14ClF3OSi. The molecule has 0 unspecified atom stereocenters. The molecule has 1 nitrogen and oxygen atoms in total. The Hall–Kier alpha value is -0.523. The molecule has 1 aromatic rings. The summed E-state index contributed by atoms with van der Waals surface area (Å²) in [6.07, 6.45) is -4.43. The first-order valence-corrected chi connectivity index (χ1v) is 8.48. The highest BCUT2D eigenvalue weighted by molar-refractivity contribution is 6.84. The molecule has 96 valence electrons. The summed E-state index contributed by atoms with van der Waals surface area (Å²) < 4.78 is 43.6. The lowest BCUT2D eigenvalue weighted by Crippen LogP contribution is -2.45. The van der Waals surface area contributed by atoms with E-state index in [0.717, 1.165) is 6.07 Å². The Bertz CT molecular complexity index is 404. The largest absolute Gasteiger partial charge is 0.417 e. The van der Waals surface area contributed by atoms with Crippen molar-refractivity contribution in [2.45, 2.75) is 26.2 Å². The SMILES string of the molecule is CCO[Si](C)(C)c1ccc(Cl)c(C(F)(F)F)c1. The summed E-state index contributed by atoms with van der Waals surface area (Å²) in [5.41, 5.74) is -0.794. The number of halogens is 4. The first-order valence-electron chi connectivity index (χ1n) is 5.19. The second kappa shape index (κ2) is 5.00. The Labute approximate surface area is 105 Å². The van der Waals surface area contributed by atoms with Gasteiger partial charge >= 0.3 is 6.18 Å². The van der Waals surface area contributed by atoms with Gasteiger partial charge < -0.3 is 4.43 Å². The fraction of sp³-hybridized carbons (Fsp3) is 0.455. The molecule has 0 aliphatic rings. The molecule has 0 aromatic heterocycles. The van der Waals surface area contributed by atoms with Gasteiger partial charge in [0.2, 0.25) is 8.32 Å². The van der Waals surface area contributed by atoms with Gasteiger partial charge in [-0.15, -0.1) is 0 Å². The lowest BCUT2D eigenvalue weighted by molar-refractivity contribution is -0.137. The summed E-state index contributed by atoms with van der Waals surface area (Å²) in [6, 6.07) is 4.00. The lowest BCUT2D eigenvalue weighted by atomic mass is 10.2. The predicted octanol–water partition coefficient (Wildman–Crippen LogP) is 3.81. The van der Waals surface area contributed by atoms with Crippen molar-refractivity contribution in [2.75, 3.05) is 6.61 Å². The highest BCUT2D eigenvalue weighted by Crippen LogP contribution is 2.34. The average molecular weight is 283 g/mol. The topological polar surface area (TPSA) is 9.23 Å². The highest BCUT2D eigenvalue weighted by Gasteiger charge is 2.35. The molecule has 0 bridgehead atoms. The van der Waals surface area contributed by atoms with E-state index in [-0.39, 0.29) is 5.02 Å². The molecule has 17 heavy (non-hydrogen) atoms. The quantitative estimate of drug-likeness (QED) is 0.766. The van der Waals surface area contributed by atoms with Crippen molar-refractivity contribution >= 4 is 25.1 Å². The zero-order valence-corrected chi connectivity index (χ0v) is 11.6. The summed E-state index contributed by atoms with van der Waals surface area (Å²) in [7, 11) is -2.27. The molecule has 0 radical (unpaired) electrons. The molecule has 0 atom stereocenters. The molecule has 0 aliphatic carbocycles. The third-order valence-electron chi connectivity index (χ3n) is 2.47. The Morgan fingerprint density at radius 1 is 1.29 bits per heavy atom. The van der Waals surface area contributed by atoms with E-state index in [9.17, 15) is 13.2 Å². The number of benzene rings is 1. The fourth-order valence-corrected chi connectivity index (χ4v) is 3.65. The van der Waals surface area contributed by atoms with Crippen LogP contribution in [-0.2, 0) is 10.6 Å². The van der Waals surface area contributed by atoms with E-state index < -0.39 is 20.1 Å². The van der Waals surface area contributed by atoms with Crippen LogP contribution in [0.4, 0.5) is 13.2 Å². The molecule has 1 rings (SSSR count). The minimum absolute atomic E-state index is 0.275. The maximum Gasteiger partial charge on any atom is 0.417 e. The van der Waals surface area contributed by atoms with Gasteiger partial charge in [0.25, 0.3) is 0 Å². The summed E-state index contributed by atoms with van der Waals surface area (Å²) in [5, 5.41) is 0.318. The molecule has 1 aromatic carbocycles. The van der Waals surface area contributed by atoms with Crippen molar-refractivity contribution in [3.63, 3.8) is 0 Å². The van der Waals surface area contributed by atoms with E-state index in [1.165, 1.54) is 6.07 Å². The van der Waals surface area contributed by atoms with Gasteiger partial charge in [0.05, 0.1) is 10.6 Å². The van der Waals surface area contributed by atoms with Crippen LogP contribution in [0.25, 0.3) is 0 Å². The molecule has 0 heterocycles. The second-order valence-corrected chi connectivity index (χ2v) is 8.43. The first-order chi connectivity index (χ1) is 7.68. The average Bonchev–Trinajstić information content (AvgIpc) is 2.15. The van der Waals surface area contributed by atoms with E-state index in [0.29, 0.717) is 11.8 Å². The summed E-state index contributed by atoms with van der Waals surface area (Å²) in [4.78, 5) is 0. The first kappa shape index (κ1) is 14.5. The molecule has 0 saturated heterocycles. The second-order valence-electron chi connectivity index (χ2n) is 4.14. The van der Waals surface area contributed by atoms with E-state index in [1.807, 2.05) is 20.0 Å². The smallest absolute Gasteiger partial charge is 0.413 e. The summed E-state index contributed by atoms with van der Waals surface area (Å²) >= 11 is 5.56. The zero-order chi connectivity index (χ0) is 13.3. The van der Waals surface area contributed by atoms with E-state index in [4.69, 9.17) is 16.0 Å². The number of hydrogen-bond donors (Lipinski definition) is 0. The van der Waals surface area contributed by atoms with Gasteiger partial charge in [-0.3, -0.25) is 0 Å². The van der Waals surface area contributed by atoms with Crippen molar-refractivity contribution < 1.29 is 17.6 Å². The Morgan fingerprint density at radius 3 is 2.35 bits per heavy atom. The fourth-order valence-electron chi connectivity index (χ4n) is 1.56. The van der Waals surface area contributed by atoms with Gasteiger partial charge in [0.1, 0.15) is 0 Å². The van der Waals surface area contributed by atoms with Crippen LogP contribution >= 0.6 is 11.6 Å². The van der Waals surface area contributed by atoms with Crippen LogP contribution < -0.4 is 5.19 Å². The van der Waals surface area contributed by atoms with Crippen molar-refractivity contribution in [1.82, 2.24) is 0 Å². The van der Waals surface area contributed by atoms with E-state index >= 15 is 0 Å². The molecule has 0 spiro atoms. The third-order valence-corrected chi connectivity index (χ3v) is 5.51. The van der Waals surface area contributed by atoms with Crippen LogP contribution in [-0.4, -0.2) is 14.9 Å². The Kier molecular flexibility index (Phi) is 4.27. The standard InChI is InChI=1S/C11H14ClF3OSi/c1-4-16-17(2,3)8-5-6-10(12)9(7-8)11(13,14)15/h5-7H,4H2,1-3H3.